The number of piperidine rings is 1. The molecule has 0 aliphatic carbocycles. The standard InChI is InChI=1S/C17H25NO3/c1-3-18-10-8-14(9-11-18)16(17(19)20)12-21-15-6-4-13(2)5-7-15/h4-7,14,16H,3,8-12H2,1-2H3,(H,19,20). The van der Waals surface area contributed by atoms with E-state index in [4.69, 9.17) is 4.74 Å². The van der Waals surface area contributed by atoms with Gasteiger partial charge in [0.05, 0.1) is 5.92 Å². The molecule has 0 saturated carbocycles. The first-order valence-electron chi connectivity index (χ1n) is 7.74. The van der Waals surface area contributed by atoms with Crippen LogP contribution in [0, 0.1) is 18.8 Å². The second-order valence-electron chi connectivity index (χ2n) is 5.84. The molecule has 1 aliphatic heterocycles. The molecule has 1 aromatic carbocycles. The van der Waals surface area contributed by atoms with Crippen LogP contribution in [0.4, 0.5) is 0 Å². The lowest BCUT2D eigenvalue weighted by atomic mass is 9.84. The summed E-state index contributed by atoms with van der Waals surface area (Å²) in [7, 11) is 0. The van der Waals surface area contributed by atoms with Crippen molar-refractivity contribution in [1.82, 2.24) is 4.90 Å². The Kier molecular flexibility index (Phi) is 5.62. The van der Waals surface area contributed by atoms with Gasteiger partial charge in [0.25, 0.3) is 0 Å². The summed E-state index contributed by atoms with van der Waals surface area (Å²) in [5.41, 5.74) is 1.17. The predicted molar refractivity (Wildman–Crippen MR) is 82.6 cm³/mol. The highest BCUT2D eigenvalue weighted by Crippen LogP contribution is 2.26. The predicted octanol–water partition coefficient (Wildman–Crippen LogP) is 2.81. The van der Waals surface area contributed by atoms with E-state index >= 15 is 0 Å². The number of benzene rings is 1. The molecule has 0 bridgehead atoms. The molecular weight excluding hydrogens is 266 g/mol. The van der Waals surface area contributed by atoms with Crippen LogP contribution in [0.2, 0.25) is 0 Å². The second kappa shape index (κ2) is 7.46. The molecule has 1 N–H and O–H groups in total. The number of hydrogen-bond acceptors (Lipinski definition) is 3. The molecule has 1 heterocycles. The molecule has 1 fully saturated rings. The summed E-state index contributed by atoms with van der Waals surface area (Å²) in [6.07, 6.45) is 1.89. The van der Waals surface area contributed by atoms with Crippen LogP contribution in [0.25, 0.3) is 0 Å². The Hall–Kier alpha value is -1.55. The van der Waals surface area contributed by atoms with Gasteiger partial charge >= 0.3 is 5.97 Å². The van der Waals surface area contributed by atoms with Crippen LogP contribution in [0.5, 0.6) is 5.75 Å². The molecule has 116 valence electrons. The fourth-order valence-electron chi connectivity index (χ4n) is 2.90. The van der Waals surface area contributed by atoms with Crippen LogP contribution < -0.4 is 4.74 Å². The fourth-order valence-corrected chi connectivity index (χ4v) is 2.90. The lowest BCUT2D eigenvalue weighted by Gasteiger charge is -2.33. The molecule has 0 spiro atoms. The highest BCUT2D eigenvalue weighted by molar-refractivity contribution is 5.70. The summed E-state index contributed by atoms with van der Waals surface area (Å²) in [5.74, 6) is -0.184. The van der Waals surface area contributed by atoms with Crippen LogP contribution >= 0.6 is 0 Å². The molecule has 1 aromatic rings. The maximum absolute atomic E-state index is 11.5. The van der Waals surface area contributed by atoms with E-state index in [2.05, 4.69) is 11.8 Å². The second-order valence-corrected chi connectivity index (χ2v) is 5.84. The zero-order valence-electron chi connectivity index (χ0n) is 12.9. The monoisotopic (exact) mass is 291 g/mol. The minimum atomic E-state index is -0.739. The largest absolute Gasteiger partial charge is 0.493 e. The number of carbonyl (C=O) groups is 1. The van der Waals surface area contributed by atoms with E-state index in [-0.39, 0.29) is 12.5 Å². The van der Waals surface area contributed by atoms with Crippen molar-refractivity contribution in [2.45, 2.75) is 26.7 Å². The van der Waals surface area contributed by atoms with Gasteiger partial charge in [-0.05, 0) is 57.5 Å². The highest BCUT2D eigenvalue weighted by atomic mass is 16.5. The van der Waals surface area contributed by atoms with E-state index in [9.17, 15) is 9.90 Å². The van der Waals surface area contributed by atoms with Crippen molar-refractivity contribution < 1.29 is 14.6 Å². The van der Waals surface area contributed by atoms with E-state index < -0.39 is 11.9 Å². The maximum Gasteiger partial charge on any atom is 0.310 e. The molecule has 0 amide bonds. The van der Waals surface area contributed by atoms with Crippen LogP contribution in [0.1, 0.15) is 25.3 Å². The number of nitrogens with zero attached hydrogens (tertiary/aromatic N) is 1. The van der Waals surface area contributed by atoms with Gasteiger partial charge in [-0.2, -0.15) is 0 Å². The molecular formula is C17H25NO3. The third kappa shape index (κ3) is 4.46. The first-order chi connectivity index (χ1) is 10.1. The molecule has 0 radical (unpaired) electrons. The number of carboxylic acid groups (broad SMARTS) is 1. The fraction of sp³-hybridized carbons (Fsp3) is 0.588. The van der Waals surface area contributed by atoms with Crippen molar-refractivity contribution >= 4 is 5.97 Å². The van der Waals surface area contributed by atoms with E-state index in [0.717, 1.165) is 38.2 Å². The molecule has 1 atom stereocenters. The van der Waals surface area contributed by atoms with Gasteiger partial charge in [0, 0.05) is 0 Å². The molecule has 0 aromatic heterocycles. The molecule has 21 heavy (non-hydrogen) atoms. The molecule has 1 unspecified atom stereocenters. The minimum Gasteiger partial charge on any atom is -0.493 e. The van der Waals surface area contributed by atoms with Crippen LogP contribution in [-0.2, 0) is 4.79 Å². The lowest BCUT2D eigenvalue weighted by molar-refractivity contribution is -0.145. The summed E-state index contributed by atoms with van der Waals surface area (Å²) in [4.78, 5) is 13.9. The van der Waals surface area contributed by atoms with Crippen LogP contribution in [0.15, 0.2) is 24.3 Å². The summed E-state index contributed by atoms with van der Waals surface area (Å²) in [6.45, 7) is 7.46. The first-order valence-corrected chi connectivity index (χ1v) is 7.74. The van der Waals surface area contributed by atoms with E-state index in [0.29, 0.717) is 0 Å². The zero-order chi connectivity index (χ0) is 15.2. The average molecular weight is 291 g/mol. The highest BCUT2D eigenvalue weighted by Gasteiger charge is 2.31. The van der Waals surface area contributed by atoms with Crippen molar-refractivity contribution in [3.05, 3.63) is 29.8 Å². The summed E-state index contributed by atoms with van der Waals surface area (Å²) in [6, 6.07) is 7.75. The first kappa shape index (κ1) is 15.8. The van der Waals surface area contributed by atoms with E-state index in [1.807, 2.05) is 31.2 Å². The quantitative estimate of drug-likeness (QED) is 0.875. The number of aryl methyl sites for hydroxylation is 1. The zero-order valence-corrected chi connectivity index (χ0v) is 12.9. The topological polar surface area (TPSA) is 49.8 Å². The Morgan fingerprint density at radius 1 is 1.33 bits per heavy atom. The van der Waals surface area contributed by atoms with Crippen molar-refractivity contribution in [3.8, 4) is 5.75 Å². The molecule has 1 saturated heterocycles. The summed E-state index contributed by atoms with van der Waals surface area (Å²) in [5, 5.41) is 9.48. The smallest absolute Gasteiger partial charge is 0.310 e. The number of rotatable bonds is 6. The number of carboxylic acids is 1. The Morgan fingerprint density at radius 2 is 1.95 bits per heavy atom. The van der Waals surface area contributed by atoms with Gasteiger partial charge in [0.1, 0.15) is 12.4 Å². The normalized spacial score (nSPS) is 18.4. The molecule has 4 nitrogen and oxygen atoms in total. The van der Waals surface area contributed by atoms with Crippen molar-refractivity contribution in [2.75, 3.05) is 26.2 Å². The lowest BCUT2D eigenvalue weighted by Crippen LogP contribution is -2.39. The van der Waals surface area contributed by atoms with Gasteiger partial charge < -0.3 is 14.7 Å². The third-order valence-electron chi connectivity index (χ3n) is 4.42. The van der Waals surface area contributed by atoms with Crippen molar-refractivity contribution in [1.29, 1.82) is 0 Å². The molecule has 1 aliphatic rings. The Balaban J connectivity index is 1.90. The molecule has 2 rings (SSSR count). The van der Waals surface area contributed by atoms with Gasteiger partial charge in [-0.25, -0.2) is 0 Å². The summed E-state index contributed by atoms with van der Waals surface area (Å²) >= 11 is 0. The van der Waals surface area contributed by atoms with Crippen molar-refractivity contribution in [3.63, 3.8) is 0 Å². The minimum absolute atomic E-state index is 0.218. The van der Waals surface area contributed by atoms with Gasteiger partial charge in [-0.3, -0.25) is 4.79 Å². The number of hydrogen-bond donors (Lipinski definition) is 1. The van der Waals surface area contributed by atoms with Crippen molar-refractivity contribution in [2.24, 2.45) is 11.8 Å². The number of likely N-dealkylation sites (tertiary alicyclic amines) is 1. The molecule has 4 heteroatoms. The Bertz CT molecular complexity index is 450. The van der Waals surface area contributed by atoms with Gasteiger partial charge in [-0.1, -0.05) is 24.6 Å². The van der Waals surface area contributed by atoms with E-state index in [1.165, 1.54) is 5.56 Å². The Morgan fingerprint density at radius 3 is 2.48 bits per heavy atom. The Labute approximate surface area is 126 Å². The van der Waals surface area contributed by atoms with Crippen LogP contribution in [0.3, 0.4) is 0 Å². The summed E-state index contributed by atoms with van der Waals surface area (Å²) < 4.78 is 5.70. The van der Waals surface area contributed by atoms with Crippen LogP contribution in [-0.4, -0.2) is 42.2 Å². The maximum atomic E-state index is 11.5. The third-order valence-corrected chi connectivity index (χ3v) is 4.42. The van der Waals surface area contributed by atoms with E-state index in [1.54, 1.807) is 0 Å². The average Bonchev–Trinajstić information content (AvgIpc) is 2.49. The van der Waals surface area contributed by atoms with Gasteiger partial charge in [0.2, 0.25) is 0 Å². The number of aliphatic carboxylic acids is 1. The SMILES string of the molecule is CCN1CCC(C(COc2ccc(C)cc2)C(=O)O)CC1. The number of ether oxygens (including phenoxy) is 1. The van der Waals surface area contributed by atoms with Gasteiger partial charge in [0.15, 0.2) is 0 Å². The van der Waals surface area contributed by atoms with Gasteiger partial charge in [-0.15, -0.1) is 0 Å².